The van der Waals surface area contributed by atoms with Gasteiger partial charge in [0.1, 0.15) is 5.69 Å². The molecule has 1 heterocycles. The fraction of sp³-hybridized carbons (Fsp3) is 0.583. The quantitative estimate of drug-likeness (QED) is 0.715. The van der Waals surface area contributed by atoms with Crippen molar-refractivity contribution in [1.29, 1.82) is 0 Å². The first-order valence-corrected chi connectivity index (χ1v) is 6.13. The van der Waals surface area contributed by atoms with Crippen LogP contribution in [-0.4, -0.2) is 33.1 Å². The molecular weight excluding hydrogens is 234 g/mol. The normalized spacial score (nSPS) is 18.3. The molecule has 0 bridgehead atoms. The molecule has 1 aliphatic rings. The van der Waals surface area contributed by atoms with Crippen molar-refractivity contribution in [2.45, 2.75) is 37.6 Å². The van der Waals surface area contributed by atoms with Gasteiger partial charge in [-0.05, 0) is 12.8 Å². The molecule has 18 heavy (non-hydrogen) atoms. The summed E-state index contributed by atoms with van der Waals surface area (Å²) in [6.07, 6.45) is 7.04. The highest BCUT2D eigenvalue weighted by Crippen LogP contribution is 2.27. The number of nitrogens with one attached hydrogen (secondary N) is 2. The molecule has 0 unspecified atom stereocenters. The van der Waals surface area contributed by atoms with Gasteiger partial charge < -0.3 is 15.4 Å². The lowest BCUT2D eigenvalue weighted by molar-refractivity contribution is 0.0753. The van der Waals surface area contributed by atoms with Gasteiger partial charge in [-0.3, -0.25) is 9.59 Å². The molecule has 2 rings (SSSR count). The summed E-state index contributed by atoms with van der Waals surface area (Å²) in [5, 5.41) is 12.3. The number of H-pyrrole nitrogens is 1. The molecule has 1 aromatic heterocycles. The number of carbonyl (C=O) groups excluding carboxylic acids is 1. The van der Waals surface area contributed by atoms with Crippen LogP contribution in [-0.2, 0) is 0 Å². The molecule has 1 fully saturated rings. The van der Waals surface area contributed by atoms with E-state index in [1.54, 1.807) is 0 Å². The zero-order valence-electron chi connectivity index (χ0n) is 10.1. The summed E-state index contributed by atoms with van der Waals surface area (Å²) in [6.45, 7) is -0.0674. The fourth-order valence-corrected chi connectivity index (χ4v) is 2.32. The van der Waals surface area contributed by atoms with Crippen molar-refractivity contribution in [2.75, 3.05) is 6.61 Å². The SMILES string of the molecule is O=C(NC1(CO)CCCCC1)c1c[nH]c(=O)cn1. The first kappa shape index (κ1) is 12.8. The van der Waals surface area contributed by atoms with Crippen LogP contribution in [0.2, 0.25) is 0 Å². The number of aliphatic hydroxyl groups excluding tert-OH is 1. The van der Waals surface area contributed by atoms with Crippen molar-refractivity contribution in [3.8, 4) is 0 Å². The Morgan fingerprint density at radius 2 is 2.17 bits per heavy atom. The van der Waals surface area contributed by atoms with Gasteiger partial charge in [-0.25, -0.2) is 4.98 Å². The first-order chi connectivity index (χ1) is 8.65. The Hall–Kier alpha value is -1.69. The first-order valence-electron chi connectivity index (χ1n) is 6.13. The van der Waals surface area contributed by atoms with E-state index in [0.29, 0.717) is 0 Å². The van der Waals surface area contributed by atoms with Crippen LogP contribution in [0.5, 0.6) is 0 Å². The van der Waals surface area contributed by atoms with Crippen molar-refractivity contribution in [2.24, 2.45) is 0 Å². The minimum Gasteiger partial charge on any atom is -0.394 e. The Bertz CT molecular complexity index is 457. The molecule has 3 N–H and O–H groups in total. The molecule has 0 aliphatic heterocycles. The average Bonchev–Trinajstić information content (AvgIpc) is 2.40. The number of amides is 1. The maximum Gasteiger partial charge on any atom is 0.271 e. The third-order valence-corrected chi connectivity index (χ3v) is 3.40. The maximum absolute atomic E-state index is 12.0. The maximum atomic E-state index is 12.0. The van der Waals surface area contributed by atoms with Crippen molar-refractivity contribution >= 4 is 5.91 Å². The molecular formula is C12H17N3O3. The van der Waals surface area contributed by atoms with Crippen LogP contribution in [0.25, 0.3) is 0 Å². The van der Waals surface area contributed by atoms with Crippen LogP contribution in [0.3, 0.4) is 0 Å². The standard InChI is InChI=1S/C12H17N3O3/c16-8-12(4-2-1-3-5-12)15-11(18)9-6-14-10(17)7-13-9/h6-7,16H,1-5,8H2,(H,14,17)(H,15,18). The van der Waals surface area contributed by atoms with E-state index in [1.807, 2.05) is 0 Å². The van der Waals surface area contributed by atoms with Crippen LogP contribution in [0.15, 0.2) is 17.2 Å². The number of carbonyl (C=O) groups is 1. The van der Waals surface area contributed by atoms with E-state index in [9.17, 15) is 14.7 Å². The van der Waals surface area contributed by atoms with Crippen molar-refractivity contribution < 1.29 is 9.90 Å². The Kier molecular flexibility index (Phi) is 3.76. The summed E-state index contributed by atoms with van der Waals surface area (Å²) in [4.78, 5) is 29.0. The summed E-state index contributed by atoms with van der Waals surface area (Å²) in [5.41, 5.74) is -0.721. The summed E-state index contributed by atoms with van der Waals surface area (Å²) in [6, 6.07) is 0. The van der Waals surface area contributed by atoms with E-state index in [4.69, 9.17) is 0 Å². The summed E-state index contributed by atoms with van der Waals surface area (Å²) >= 11 is 0. The zero-order chi connectivity index (χ0) is 13.0. The molecule has 6 nitrogen and oxygen atoms in total. The smallest absolute Gasteiger partial charge is 0.271 e. The number of aromatic amines is 1. The minimum absolute atomic E-state index is 0.0674. The van der Waals surface area contributed by atoms with Crippen LogP contribution in [0.4, 0.5) is 0 Å². The monoisotopic (exact) mass is 251 g/mol. The van der Waals surface area contributed by atoms with Gasteiger partial charge in [-0.1, -0.05) is 19.3 Å². The van der Waals surface area contributed by atoms with Crippen molar-refractivity contribution in [3.05, 3.63) is 28.4 Å². The van der Waals surface area contributed by atoms with Gasteiger partial charge in [0.2, 0.25) is 0 Å². The second kappa shape index (κ2) is 5.30. The van der Waals surface area contributed by atoms with E-state index < -0.39 is 5.54 Å². The van der Waals surface area contributed by atoms with Gasteiger partial charge in [0, 0.05) is 6.20 Å². The van der Waals surface area contributed by atoms with Crippen LogP contribution in [0.1, 0.15) is 42.6 Å². The molecule has 1 aromatic rings. The lowest BCUT2D eigenvalue weighted by Gasteiger charge is -2.36. The fourth-order valence-electron chi connectivity index (χ4n) is 2.32. The minimum atomic E-state index is -0.535. The molecule has 1 amide bonds. The van der Waals surface area contributed by atoms with Gasteiger partial charge in [0.05, 0.1) is 18.3 Å². The van der Waals surface area contributed by atoms with Crippen molar-refractivity contribution in [3.63, 3.8) is 0 Å². The average molecular weight is 251 g/mol. The Morgan fingerprint density at radius 3 is 2.72 bits per heavy atom. The van der Waals surface area contributed by atoms with Gasteiger partial charge >= 0.3 is 0 Å². The van der Waals surface area contributed by atoms with Crippen LogP contribution < -0.4 is 10.9 Å². The topological polar surface area (TPSA) is 95.1 Å². The Morgan fingerprint density at radius 1 is 1.44 bits per heavy atom. The number of hydrogen-bond acceptors (Lipinski definition) is 4. The Balaban J connectivity index is 2.09. The van der Waals surface area contributed by atoms with Gasteiger partial charge in [-0.15, -0.1) is 0 Å². The second-order valence-electron chi connectivity index (χ2n) is 4.75. The summed E-state index contributed by atoms with van der Waals surface area (Å²) < 4.78 is 0. The van der Waals surface area contributed by atoms with E-state index in [-0.39, 0.29) is 23.8 Å². The van der Waals surface area contributed by atoms with Crippen LogP contribution >= 0.6 is 0 Å². The number of aromatic nitrogens is 2. The molecule has 0 spiro atoms. The number of hydrogen-bond donors (Lipinski definition) is 3. The predicted molar refractivity (Wildman–Crippen MR) is 65.2 cm³/mol. The number of rotatable bonds is 3. The highest BCUT2D eigenvalue weighted by Gasteiger charge is 2.33. The van der Waals surface area contributed by atoms with E-state index in [2.05, 4.69) is 15.3 Å². The molecule has 0 atom stereocenters. The molecule has 0 aromatic carbocycles. The molecule has 1 saturated carbocycles. The molecule has 0 radical (unpaired) electrons. The second-order valence-corrected chi connectivity index (χ2v) is 4.75. The molecule has 98 valence electrons. The van der Waals surface area contributed by atoms with Crippen LogP contribution in [0, 0.1) is 0 Å². The highest BCUT2D eigenvalue weighted by molar-refractivity contribution is 5.92. The van der Waals surface area contributed by atoms with Gasteiger partial charge in [0.25, 0.3) is 11.5 Å². The number of nitrogens with zero attached hydrogens (tertiary/aromatic N) is 1. The summed E-state index contributed by atoms with van der Waals surface area (Å²) in [7, 11) is 0. The molecule has 6 heteroatoms. The largest absolute Gasteiger partial charge is 0.394 e. The third kappa shape index (κ3) is 2.76. The van der Waals surface area contributed by atoms with E-state index >= 15 is 0 Å². The van der Waals surface area contributed by atoms with Gasteiger partial charge in [0.15, 0.2) is 0 Å². The third-order valence-electron chi connectivity index (χ3n) is 3.40. The lowest BCUT2D eigenvalue weighted by atomic mass is 9.82. The lowest BCUT2D eigenvalue weighted by Crippen LogP contribution is -2.52. The summed E-state index contributed by atoms with van der Waals surface area (Å²) in [5.74, 6) is -0.359. The Labute approximate surface area is 104 Å². The van der Waals surface area contributed by atoms with E-state index in [0.717, 1.165) is 38.3 Å². The molecule has 1 aliphatic carbocycles. The predicted octanol–water partition coefficient (Wildman–Crippen LogP) is 0.195. The number of aliphatic hydroxyl groups is 1. The highest BCUT2D eigenvalue weighted by atomic mass is 16.3. The van der Waals surface area contributed by atoms with Crippen molar-refractivity contribution in [1.82, 2.24) is 15.3 Å². The molecule has 0 saturated heterocycles. The van der Waals surface area contributed by atoms with Gasteiger partial charge in [-0.2, -0.15) is 0 Å². The zero-order valence-corrected chi connectivity index (χ0v) is 10.1. The van der Waals surface area contributed by atoms with E-state index in [1.165, 1.54) is 6.20 Å².